The lowest BCUT2D eigenvalue weighted by Gasteiger charge is -2.14. The SMILES string of the molecule is COS(=O)(=O)NC(C)/C=C/C(C)(C)C. The van der Waals surface area contributed by atoms with Gasteiger partial charge in [0, 0.05) is 6.04 Å². The molecule has 0 bridgehead atoms. The Morgan fingerprint density at radius 2 is 1.86 bits per heavy atom. The maximum absolute atomic E-state index is 11.0. The molecule has 84 valence electrons. The van der Waals surface area contributed by atoms with Crippen molar-refractivity contribution in [1.29, 1.82) is 0 Å². The Kier molecular flexibility index (Phi) is 4.77. The van der Waals surface area contributed by atoms with E-state index in [-0.39, 0.29) is 11.5 Å². The molecule has 0 heterocycles. The molecule has 0 fully saturated rings. The van der Waals surface area contributed by atoms with Crippen LogP contribution < -0.4 is 4.72 Å². The molecule has 0 aliphatic rings. The number of nitrogens with one attached hydrogen (secondary N) is 1. The Bertz CT molecular complexity index is 288. The van der Waals surface area contributed by atoms with Gasteiger partial charge in [-0.3, -0.25) is 4.18 Å². The van der Waals surface area contributed by atoms with Gasteiger partial charge in [0.05, 0.1) is 7.11 Å². The van der Waals surface area contributed by atoms with Crippen LogP contribution in [0.3, 0.4) is 0 Å². The fourth-order valence-corrected chi connectivity index (χ4v) is 1.38. The summed E-state index contributed by atoms with van der Waals surface area (Å²) < 4.78 is 28.5. The molecule has 0 spiro atoms. The summed E-state index contributed by atoms with van der Waals surface area (Å²) in [6.45, 7) is 7.88. The first kappa shape index (κ1) is 13.6. The molecule has 0 aliphatic carbocycles. The van der Waals surface area contributed by atoms with Gasteiger partial charge in [0.2, 0.25) is 0 Å². The third-order valence-electron chi connectivity index (χ3n) is 1.43. The van der Waals surface area contributed by atoms with Crippen molar-refractivity contribution in [1.82, 2.24) is 4.72 Å². The quantitative estimate of drug-likeness (QED) is 0.731. The first-order valence-electron chi connectivity index (χ1n) is 4.43. The maximum Gasteiger partial charge on any atom is 0.336 e. The lowest BCUT2D eigenvalue weighted by Crippen LogP contribution is -2.32. The van der Waals surface area contributed by atoms with Crippen molar-refractivity contribution in [3.8, 4) is 0 Å². The molecule has 14 heavy (non-hydrogen) atoms. The second-order valence-electron chi connectivity index (χ2n) is 4.25. The van der Waals surface area contributed by atoms with Gasteiger partial charge in [0.25, 0.3) is 0 Å². The van der Waals surface area contributed by atoms with Gasteiger partial charge in [0.1, 0.15) is 0 Å². The van der Waals surface area contributed by atoms with Gasteiger partial charge in [0.15, 0.2) is 0 Å². The topological polar surface area (TPSA) is 55.4 Å². The van der Waals surface area contributed by atoms with Gasteiger partial charge >= 0.3 is 10.3 Å². The second-order valence-corrected chi connectivity index (χ2v) is 5.73. The molecule has 4 nitrogen and oxygen atoms in total. The highest BCUT2D eigenvalue weighted by molar-refractivity contribution is 7.84. The molecule has 1 atom stereocenters. The van der Waals surface area contributed by atoms with E-state index in [1.165, 1.54) is 0 Å². The van der Waals surface area contributed by atoms with E-state index < -0.39 is 10.3 Å². The van der Waals surface area contributed by atoms with E-state index in [2.05, 4.69) is 8.91 Å². The lowest BCUT2D eigenvalue weighted by molar-refractivity contribution is 0.384. The molecule has 0 aromatic rings. The van der Waals surface area contributed by atoms with Crippen molar-refractivity contribution in [2.24, 2.45) is 5.41 Å². The van der Waals surface area contributed by atoms with Gasteiger partial charge in [-0.05, 0) is 12.3 Å². The van der Waals surface area contributed by atoms with Crippen LogP contribution in [0.2, 0.25) is 0 Å². The largest absolute Gasteiger partial charge is 0.336 e. The molecule has 0 radical (unpaired) electrons. The van der Waals surface area contributed by atoms with Crippen LogP contribution >= 0.6 is 0 Å². The van der Waals surface area contributed by atoms with E-state index in [1.54, 1.807) is 13.0 Å². The zero-order valence-corrected chi connectivity index (χ0v) is 10.2. The number of hydrogen-bond acceptors (Lipinski definition) is 3. The zero-order chi connectivity index (χ0) is 11.4. The van der Waals surface area contributed by atoms with E-state index in [9.17, 15) is 8.42 Å². The highest BCUT2D eigenvalue weighted by Crippen LogP contribution is 2.14. The summed E-state index contributed by atoms with van der Waals surface area (Å²) in [4.78, 5) is 0. The van der Waals surface area contributed by atoms with Crippen LogP contribution in [-0.2, 0) is 14.5 Å². The minimum absolute atomic E-state index is 0.0484. The third-order valence-corrected chi connectivity index (χ3v) is 2.53. The molecule has 0 amide bonds. The van der Waals surface area contributed by atoms with Crippen molar-refractivity contribution >= 4 is 10.3 Å². The first-order valence-corrected chi connectivity index (χ1v) is 5.84. The van der Waals surface area contributed by atoms with Crippen LogP contribution in [-0.4, -0.2) is 21.6 Å². The second kappa shape index (κ2) is 4.91. The molecule has 0 aromatic carbocycles. The highest BCUT2D eigenvalue weighted by Gasteiger charge is 2.11. The summed E-state index contributed by atoms with van der Waals surface area (Å²) in [5, 5.41) is 0. The number of allylic oxidation sites excluding steroid dienone is 1. The Morgan fingerprint density at radius 1 is 1.36 bits per heavy atom. The molecule has 0 saturated carbocycles. The van der Waals surface area contributed by atoms with Crippen molar-refractivity contribution in [2.45, 2.75) is 33.7 Å². The average molecular weight is 221 g/mol. The van der Waals surface area contributed by atoms with Crippen LogP contribution in [0.1, 0.15) is 27.7 Å². The lowest BCUT2D eigenvalue weighted by atomic mass is 9.96. The van der Waals surface area contributed by atoms with Gasteiger partial charge in [-0.15, -0.1) is 0 Å². The molecule has 0 aliphatic heterocycles. The smallest absolute Gasteiger partial charge is 0.261 e. The monoisotopic (exact) mass is 221 g/mol. The van der Waals surface area contributed by atoms with E-state index in [0.29, 0.717) is 0 Å². The standard InChI is InChI=1S/C9H19NO3S/c1-8(6-7-9(2,3)4)10-14(11,12)13-5/h6-8,10H,1-5H3/b7-6+. The summed E-state index contributed by atoms with van der Waals surface area (Å²) in [5.41, 5.74) is 0.0484. The molecule has 5 heteroatoms. The molecule has 1 N–H and O–H groups in total. The van der Waals surface area contributed by atoms with Crippen molar-refractivity contribution in [3.05, 3.63) is 12.2 Å². The number of hydrogen-bond donors (Lipinski definition) is 1. The third kappa shape index (κ3) is 7.06. The summed E-state index contributed by atoms with van der Waals surface area (Å²) >= 11 is 0. The predicted molar refractivity (Wildman–Crippen MR) is 57.1 cm³/mol. The normalized spacial score (nSPS) is 16.1. The van der Waals surface area contributed by atoms with Crippen molar-refractivity contribution in [3.63, 3.8) is 0 Å². The van der Waals surface area contributed by atoms with E-state index in [0.717, 1.165) is 7.11 Å². The van der Waals surface area contributed by atoms with Gasteiger partial charge in [-0.25, -0.2) is 0 Å². The molecular formula is C9H19NO3S. The van der Waals surface area contributed by atoms with E-state index in [1.807, 2.05) is 26.8 Å². The van der Waals surface area contributed by atoms with Gasteiger partial charge < -0.3 is 0 Å². The molecule has 0 rings (SSSR count). The average Bonchev–Trinajstić information content (AvgIpc) is 1.99. The summed E-state index contributed by atoms with van der Waals surface area (Å²) in [6.07, 6.45) is 3.76. The van der Waals surface area contributed by atoms with Crippen LogP contribution in [0.4, 0.5) is 0 Å². The minimum Gasteiger partial charge on any atom is -0.261 e. The predicted octanol–water partition coefficient (Wildman–Crippen LogP) is 1.46. The van der Waals surface area contributed by atoms with Crippen molar-refractivity contribution in [2.75, 3.05) is 7.11 Å². The summed E-state index contributed by atoms with van der Waals surface area (Å²) in [7, 11) is -2.46. The maximum atomic E-state index is 11.0. The molecule has 1 unspecified atom stereocenters. The fraction of sp³-hybridized carbons (Fsp3) is 0.778. The first-order chi connectivity index (χ1) is 6.16. The van der Waals surface area contributed by atoms with E-state index in [4.69, 9.17) is 0 Å². The Hall–Kier alpha value is -0.390. The Morgan fingerprint density at radius 3 is 2.21 bits per heavy atom. The molecule has 0 aromatic heterocycles. The van der Waals surface area contributed by atoms with Crippen LogP contribution in [0.15, 0.2) is 12.2 Å². The van der Waals surface area contributed by atoms with Gasteiger partial charge in [-0.2, -0.15) is 13.1 Å². The highest BCUT2D eigenvalue weighted by atomic mass is 32.2. The zero-order valence-electron chi connectivity index (χ0n) is 9.37. The summed E-state index contributed by atoms with van der Waals surface area (Å²) in [6, 6.07) is -0.265. The van der Waals surface area contributed by atoms with Crippen LogP contribution in [0, 0.1) is 5.41 Å². The Balaban J connectivity index is 4.26. The molecule has 0 saturated heterocycles. The Labute approximate surface area is 86.6 Å². The number of rotatable bonds is 4. The van der Waals surface area contributed by atoms with Crippen LogP contribution in [0.25, 0.3) is 0 Å². The summed E-state index contributed by atoms with van der Waals surface area (Å²) in [5.74, 6) is 0. The fourth-order valence-electron chi connectivity index (χ4n) is 0.748. The van der Waals surface area contributed by atoms with E-state index >= 15 is 0 Å². The van der Waals surface area contributed by atoms with Crippen molar-refractivity contribution < 1.29 is 12.6 Å². The van der Waals surface area contributed by atoms with Gasteiger partial charge in [-0.1, -0.05) is 32.9 Å². The minimum atomic E-state index is -3.59. The molecular weight excluding hydrogens is 202 g/mol. The van der Waals surface area contributed by atoms with Crippen LogP contribution in [0.5, 0.6) is 0 Å².